The fourth-order valence-electron chi connectivity index (χ4n) is 2.96. The Morgan fingerprint density at radius 3 is 2.58 bits per heavy atom. The molecule has 0 radical (unpaired) electrons. The highest BCUT2D eigenvalue weighted by molar-refractivity contribution is 5.90. The van der Waals surface area contributed by atoms with Crippen molar-refractivity contribution in [1.29, 1.82) is 0 Å². The molecule has 0 atom stereocenters. The lowest BCUT2D eigenvalue weighted by atomic mass is 10.1. The van der Waals surface area contributed by atoms with Crippen LogP contribution in [0.2, 0.25) is 0 Å². The van der Waals surface area contributed by atoms with Gasteiger partial charge in [0.05, 0.1) is 12.5 Å². The first-order valence-corrected chi connectivity index (χ1v) is 8.70. The second-order valence-corrected chi connectivity index (χ2v) is 7.38. The number of likely N-dealkylation sites (tertiary alicyclic amines) is 1. The summed E-state index contributed by atoms with van der Waals surface area (Å²) in [5.41, 5.74) is -0.0502. The summed E-state index contributed by atoms with van der Waals surface area (Å²) >= 11 is 0. The monoisotopic (exact) mass is 363 g/mol. The number of ether oxygens (including phenoxy) is 3. The highest BCUT2D eigenvalue weighted by atomic mass is 16.6. The van der Waals surface area contributed by atoms with Crippen molar-refractivity contribution in [3.63, 3.8) is 0 Å². The third kappa shape index (κ3) is 3.81. The number of hydrogen-bond acceptors (Lipinski definition) is 6. The van der Waals surface area contributed by atoms with Gasteiger partial charge in [-0.15, -0.1) is 0 Å². The average molecular weight is 363 g/mol. The summed E-state index contributed by atoms with van der Waals surface area (Å²) in [6.07, 6.45) is 2.24. The van der Waals surface area contributed by atoms with Crippen LogP contribution in [0.3, 0.4) is 0 Å². The number of rotatable bonds is 3. The van der Waals surface area contributed by atoms with E-state index in [2.05, 4.69) is 0 Å². The zero-order valence-electron chi connectivity index (χ0n) is 15.6. The van der Waals surface area contributed by atoms with Crippen LogP contribution in [-0.4, -0.2) is 48.0 Å². The molecule has 7 heteroatoms. The number of methoxy groups -OCH3 is 1. The SMILES string of the molecule is COc1ccc2c(O)coc2c1OC1CCN(C(=O)OC(C)(C)C)CC1. The number of carbonyl (C=O) groups is 1. The molecule has 0 bridgehead atoms. The van der Waals surface area contributed by atoms with Gasteiger partial charge in [-0.1, -0.05) is 0 Å². The number of fused-ring (bicyclic) bond motifs is 1. The van der Waals surface area contributed by atoms with E-state index in [1.165, 1.54) is 6.26 Å². The number of benzene rings is 1. The quantitative estimate of drug-likeness (QED) is 0.890. The molecule has 0 spiro atoms. The second-order valence-electron chi connectivity index (χ2n) is 7.38. The van der Waals surface area contributed by atoms with Crippen molar-refractivity contribution in [1.82, 2.24) is 4.90 Å². The van der Waals surface area contributed by atoms with E-state index in [1.807, 2.05) is 20.8 Å². The minimum atomic E-state index is -0.505. The second kappa shape index (κ2) is 6.97. The van der Waals surface area contributed by atoms with Gasteiger partial charge in [0.2, 0.25) is 5.75 Å². The molecule has 1 aromatic carbocycles. The smallest absolute Gasteiger partial charge is 0.410 e. The number of aromatic hydroxyl groups is 1. The van der Waals surface area contributed by atoms with Crippen molar-refractivity contribution < 1.29 is 28.5 Å². The van der Waals surface area contributed by atoms with Gasteiger partial charge >= 0.3 is 6.09 Å². The number of furan rings is 1. The molecule has 1 fully saturated rings. The summed E-state index contributed by atoms with van der Waals surface area (Å²) in [5, 5.41) is 10.4. The van der Waals surface area contributed by atoms with Crippen molar-refractivity contribution >= 4 is 17.1 Å². The molecule has 7 nitrogen and oxygen atoms in total. The zero-order valence-corrected chi connectivity index (χ0v) is 15.6. The van der Waals surface area contributed by atoms with Crippen LogP contribution in [0.4, 0.5) is 4.79 Å². The molecule has 0 saturated carbocycles. The van der Waals surface area contributed by atoms with Gasteiger partial charge in [0.1, 0.15) is 18.0 Å². The van der Waals surface area contributed by atoms with Gasteiger partial charge in [-0.05, 0) is 32.9 Å². The average Bonchev–Trinajstić information content (AvgIpc) is 2.96. The van der Waals surface area contributed by atoms with Gasteiger partial charge in [0.25, 0.3) is 0 Å². The largest absolute Gasteiger partial charge is 0.504 e. The lowest BCUT2D eigenvalue weighted by Crippen LogP contribution is -2.44. The molecule has 142 valence electrons. The molecular weight excluding hydrogens is 338 g/mol. The van der Waals surface area contributed by atoms with E-state index in [-0.39, 0.29) is 17.9 Å². The molecule has 26 heavy (non-hydrogen) atoms. The van der Waals surface area contributed by atoms with Crippen molar-refractivity contribution in [2.24, 2.45) is 0 Å². The highest BCUT2D eigenvalue weighted by Gasteiger charge is 2.29. The van der Waals surface area contributed by atoms with Gasteiger partial charge in [0, 0.05) is 25.9 Å². The molecule has 2 aromatic rings. The molecule has 0 unspecified atom stereocenters. The van der Waals surface area contributed by atoms with E-state index >= 15 is 0 Å². The molecule has 2 heterocycles. The van der Waals surface area contributed by atoms with E-state index in [0.29, 0.717) is 48.4 Å². The Kier molecular flexibility index (Phi) is 4.89. The zero-order chi connectivity index (χ0) is 18.9. The van der Waals surface area contributed by atoms with E-state index in [9.17, 15) is 9.90 Å². The van der Waals surface area contributed by atoms with Crippen LogP contribution in [0, 0.1) is 0 Å². The Morgan fingerprint density at radius 2 is 1.96 bits per heavy atom. The number of piperidine rings is 1. The maximum atomic E-state index is 12.2. The van der Waals surface area contributed by atoms with Crippen LogP contribution in [0.25, 0.3) is 11.0 Å². The van der Waals surface area contributed by atoms with Crippen LogP contribution in [0.1, 0.15) is 33.6 Å². The van der Waals surface area contributed by atoms with Gasteiger partial charge in [-0.25, -0.2) is 4.79 Å². The fraction of sp³-hybridized carbons (Fsp3) is 0.526. The van der Waals surface area contributed by atoms with Crippen LogP contribution >= 0.6 is 0 Å². The molecule has 1 saturated heterocycles. The Morgan fingerprint density at radius 1 is 1.27 bits per heavy atom. The lowest BCUT2D eigenvalue weighted by Gasteiger charge is -2.33. The highest BCUT2D eigenvalue weighted by Crippen LogP contribution is 2.41. The first-order chi connectivity index (χ1) is 12.3. The van der Waals surface area contributed by atoms with Crippen LogP contribution in [0.15, 0.2) is 22.8 Å². The number of nitrogens with zero attached hydrogens (tertiary/aromatic N) is 1. The summed E-state index contributed by atoms with van der Waals surface area (Å²) in [4.78, 5) is 13.9. The van der Waals surface area contributed by atoms with E-state index in [1.54, 1.807) is 24.1 Å². The summed E-state index contributed by atoms with van der Waals surface area (Å²) in [6.45, 7) is 6.67. The predicted octanol–water partition coefficient (Wildman–Crippen LogP) is 3.93. The topological polar surface area (TPSA) is 81.4 Å². The van der Waals surface area contributed by atoms with Gasteiger partial charge in [0.15, 0.2) is 17.1 Å². The van der Waals surface area contributed by atoms with E-state index < -0.39 is 5.60 Å². The van der Waals surface area contributed by atoms with Gasteiger partial charge < -0.3 is 28.6 Å². The maximum absolute atomic E-state index is 12.2. The Hall–Kier alpha value is -2.57. The van der Waals surface area contributed by atoms with Crippen LogP contribution in [0.5, 0.6) is 17.2 Å². The summed E-state index contributed by atoms with van der Waals surface area (Å²) in [7, 11) is 1.56. The number of amides is 1. The molecular formula is C19H25NO6. The summed E-state index contributed by atoms with van der Waals surface area (Å²) < 4.78 is 22.3. The minimum Gasteiger partial charge on any atom is -0.504 e. The van der Waals surface area contributed by atoms with E-state index in [4.69, 9.17) is 18.6 Å². The predicted molar refractivity (Wildman–Crippen MR) is 95.9 cm³/mol. The summed E-state index contributed by atoms with van der Waals surface area (Å²) in [6, 6.07) is 3.47. The Balaban J connectivity index is 1.68. The molecule has 0 aliphatic carbocycles. The molecule has 1 aliphatic heterocycles. The first kappa shape index (κ1) is 18.2. The Labute approximate surface area is 152 Å². The van der Waals surface area contributed by atoms with Crippen LogP contribution in [-0.2, 0) is 4.74 Å². The van der Waals surface area contributed by atoms with Crippen molar-refractivity contribution in [3.05, 3.63) is 18.4 Å². The lowest BCUT2D eigenvalue weighted by molar-refractivity contribution is 0.0125. The number of hydrogen-bond donors (Lipinski definition) is 1. The first-order valence-electron chi connectivity index (χ1n) is 8.70. The number of carbonyl (C=O) groups excluding carboxylic acids is 1. The molecule has 3 rings (SSSR count). The molecule has 1 aliphatic rings. The standard InChI is InChI=1S/C19H25NO6/c1-19(2,3)26-18(22)20-9-7-12(8-10-20)25-17-15(23-4)6-5-13-14(21)11-24-16(13)17/h5-6,11-12,21H,7-10H2,1-4H3. The van der Waals surface area contributed by atoms with E-state index in [0.717, 1.165) is 0 Å². The molecule has 1 aromatic heterocycles. The maximum Gasteiger partial charge on any atom is 0.410 e. The van der Waals surface area contributed by atoms with Gasteiger partial charge in [-0.2, -0.15) is 0 Å². The van der Waals surface area contributed by atoms with Crippen molar-refractivity contribution in [2.45, 2.75) is 45.3 Å². The third-order valence-corrected chi connectivity index (χ3v) is 4.24. The Bertz CT molecular complexity index is 783. The molecule has 1 amide bonds. The fourth-order valence-corrected chi connectivity index (χ4v) is 2.96. The van der Waals surface area contributed by atoms with Crippen LogP contribution < -0.4 is 9.47 Å². The van der Waals surface area contributed by atoms with Crippen molar-refractivity contribution in [3.8, 4) is 17.2 Å². The minimum absolute atomic E-state index is 0.0623. The summed E-state index contributed by atoms with van der Waals surface area (Å²) in [5.74, 6) is 1.08. The molecule has 1 N–H and O–H groups in total. The normalized spacial score (nSPS) is 15.9. The van der Waals surface area contributed by atoms with Gasteiger partial charge in [-0.3, -0.25) is 0 Å². The third-order valence-electron chi connectivity index (χ3n) is 4.24. The van der Waals surface area contributed by atoms with Crippen molar-refractivity contribution in [2.75, 3.05) is 20.2 Å².